The Morgan fingerprint density at radius 3 is 2.77 bits per heavy atom. The lowest BCUT2D eigenvalue weighted by molar-refractivity contribution is -0.126. The Balaban J connectivity index is 1.58. The van der Waals surface area contributed by atoms with Gasteiger partial charge in [-0.15, -0.1) is 5.10 Å². The first-order chi connectivity index (χ1) is 10.6. The number of carbonyl (C=O) groups excluding carboxylic acids is 1. The molecule has 22 heavy (non-hydrogen) atoms. The fourth-order valence-electron chi connectivity index (χ4n) is 2.88. The monoisotopic (exact) mass is 309 g/mol. The van der Waals surface area contributed by atoms with Crippen molar-refractivity contribution in [2.45, 2.75) is 58.6 Å². The standard InChI is InChI=1S/C15H27N5O2/c1-12(2)22-9-3-8-16-15(21)14-6-4-13(5-7-14)10-20-11-17-18-19-20/h11-14H,3-10H2,1-2H3,(H,16,21). The van der Waals surface area contributed by atoms with Crippen LogP contribution in [-0.2, 0) is 16.1 Å². The van der Waals surface area contributed by atoms with E-state index in [2.05, 4.69) is 20.8 Å². The fraction of sp³-hybridized carbons (Fsp3) is 0.867. The highest BCUT2D eigenvalue weighted by Gasteiger charge is 2.26. The SMILES string of the molecule is CC(C)OCCCNC(=O)C1CCC(Cn2cnnn2)CC1. The van der Waals surface area contributed by atoms with Crippen LogP contribution >= 0.6 is 0 Å². The molecule has 0 aliphatic heterocycles. The Hall–Kier alpha value is -1.50. The average molecular weight is 309 g/mol. The number of amides is 1. The molecule has 7 heteroatoms. The molecule has 1 aromatic rings. The third-order valence-corrected chi connectivity index (χ3v) is 4.13. The van der Waals surface area contributed by atoms with E-state index in [9.17, 15) is 4.79 Å². The molecule has 1 aliphatic rings. The van der Waals surface area contributed by atoms with Crippen LogP contribution in [-0.4, -0.2) is 45.4 Å². The maximum atomic E-state index is 12.1. The fourth-order valence-corrected chi connectivity index (χ4v) is 2.88. The molecule has 0 radical (unpaired) electrons. The molecule has 0 saturated heterocycles. The van der Waals surface area contributed by atoms with Crippen LogP contribution in [0.3, 0.4) is 0 Å². The van der Waals surface area contributed by atoms with Crippen LogP contribution in [0.15, 0.2) is 6.33 Å². The Labute approximate surface area is 131 Å². The molecule has 1 aliphatic carbocycles. The molecule has 0 unspecified atom stereocenters. The van der Waals surface area contributed by atoms with E-state index in [-0.39, 0.29) is 17.9 Å². The largest absolute Gasteiger partial charge is 0.379 e. The number of nitrogens with one attached hydrogen (secondary N) is 1. The molecule has 7 nitrogen and oxygen atoms in total. The summed E-state index contributed by atoms with van der Waals surface area (Å²) in [4.78, 5) is 12.1. The van der Waals surface area contributed by atoms with Gasteiger partial charge in [-0.25, -0.2) is 4.68 Å². The molecule has 2 rings (SSSR count). The molecule has 1 aromatic heterocycles. The lowest BCUT2D eigenvalue weighted by Gasteiger charge is -2.27. The number of nitrogens with zero attached hydrogens (tertiary/aromatic N) is 4. The van der Waals surface area contributed by atoms with Crippen molar-refractivity contribution in [3.05, 3.63) is 6.33 Å². The molecule has 0 spiro atoms. The number of tetrazole rings is 1. The summed E-state index contributed by atoms with van der Waals surface area (Å²) in [5.41, 5.74) is 0. The van der Waals surface area contributed by atoms with Crippen molar-refractivity contribution in [3.63, 3.8) is 0 Å². The van der Waals surface area contributed by atoms with Crippen LogP contribution in [0.2, 0.25) is 0 Å². The van der Waals surface area contributed by atoms with Crippen molar-refractivity contribution in [2.75, 3.05) is 13.2 Å². The number of hydrogen-bond donors (Lipinski definition) is 1. The summed E-state index contributed by atoms with van der Waals surface area (Å²) in [6.45, 7) is 6.30. The minimum Gasteiger partial charge on any atom is -0.379 e. The lowest BCUT2D eigenvalue weighted by Crippen LogP contribution is -2.34. The maximum Gasteiger partial charge on any atom is 0.223 e. The molecular weight excluding hydrogens is 282 g/mol. The molecule has 124 valence electrons. The van der Waals surface area contributed by atoms with Crippen molar-refractivity contribution in [1.29, 1.82) is 0 Å². The summed E-state index contributed by atoms with van der Waals surface area (Å²) in [5, 5.41) is 14.2. The third-order valence-electron chi connectivity index (χ3n) is 4.13. The molecule has 1 fully saturated rings. The highest BCUT2D eigenvalue weighted by Crippen LogP contribution is 2.29. The minimum absolute atomic E-state index is 0.163. The summed E-state index contributed by atoms with van der Waals surface area (Å²) in [6.07, 6.45) is 6.83. The van der Waals surface area contributed by atoms with E-state index in [4.69, 9.17) is 4.74 Å². The van der Waals surface area contributed by atoms with Crippen molar-refractivity contribution < 1.29 is 9.53 Å². The van der Waals surface area contributed by atoms with Crippen molar-refractivity contribution in [1.82, 2.24) is 25.5 Å². The zero-order valence-electron chi connectivity index (χ0n) is 13.6. The van der Waals surface area contributed by atoms with Crippen LogP contribution in [0.4, 0.5) is 0 Å². The van der Waals surface area contributed by atoms with E-state index in [0.717, 1.165) is 38.6 Å². The third kappa shape index (κ3) is 5.71. The van der Waals surface area contributed by atoms with E-state index >= 15 is 0 Å². The average Bonchev–Trinajstić information content (AvgIpc) is 3.00. The first kappa shape index (κ1) is 16.9. The van der Waals surface area contributed by atoms with Crippen LogP contribution < -0.4 is 5.32 Å². The van der Waals surface area contributed by atoms with E-state index in [0.29, 0.717) is 19.1 Å². The van der Waals surface area contributed by atoms with E-state index in [1.165, 1.54) is 0 Å². The summed E-state index contributed by atoms with van der Waals surface area (Å²) in [6, 6.07) is 0. The second kappa shape index (κ2) is 8.82. The number of carbonyl (C=O) groups is 1. The highest BCUT2D eigenvalue weighted by atomic mass is 16.5. The summed E-state index contributed by atoms with van der Waals surface area (Å²) < 4.78 is 7.24. The summed E-state index contributed by atoms with van der Waals surface area (Å²) in [5.74, 6) is 0.938. The van der Waals surface area contributed by atoms with Gasteiger partial charge in [0.25, 0.3) is 0 Å². The molecular formula is C15H27N5O2. The van der Waals surface area contributed by atoms with Gasteiger partial charge in [-0.2, -0.15) is 0 Å². The Bertz CT molecular complexity index is 427. The van der Waals surface area contributed by atoms with Crippen LogP contribution in [0.1, 0.15) is 46.0 Å². The van der Waals surface area contributed by atoms with Crippen molar-refractivity contribution in [3.8, 4) is 0 Å². The molecule has 0 atom stereocenters. The first-order valence-electron chi connectivity index (χ1n) is 8.25. The predicted octanol–water partition coefficient (Wildman–Crippen LogP) is 1.41. The van der Waals surface area contributed by atoms with Gasteiger partial charge in [0.05, 0.1) is 6.10 Å². The van der Waals surface area contributed by atoms with Gasteiger partial charge in [0, 0.05) is 25.6 Å². The zero-order chi connectivity index (χ0) is 15.8. The van der Waals surface area contributed by atoms with Gasteiger partial charge in [-0.1, -0.05) is 0 Å². The topological polar surface area (TPSA) is 81.9 Å². The van der Waals surface area contributed by atoms with Gasteiger partial charge in [0.1, 0.15) is 6.33 Å². The lowest BCUT2D eigenvalue weighted by atomic mass is 9.81. The normalized spacial score (nSPS) is 22.0. The van der Waals surface area contributed by atoms with E-state index < -0.39 is 0 Å². The van der Waals surface area contributed by atoms with Crippen molar-refractivity contribution in [2.24, 2.45) is 11.8 Å². The van der Waals surface area contributed by atoms with Crippen molar-refractivity contribution >= 4 is 5.91 Å². The number of hydrogen-bond acceptors (Lipinski definition) is 5. The van der Waals surface area contributed by atoms with E-state index in [1.807, 2.05) is 13.8 Å². The molecule has 1 amide bonds. The number of ether oxygens (including phenoxy) is 1. The zero-order valence-corrected chi connectivity index (χ0v) is 13.6. The van der Waals surface area contributed by atoms with Crippen LogP contribution in [0, 0.1) is 11.8 Å². The second-order valence-electron chi connectivity index (χ2n) is 6.31. The van der Waals surface area contributed by atoms with Gasteiger partial charge < -0.3 is 10.1 Å². The second-order valence-corrected chi connectivity index (χ2v) is 6.31. The quantitative estimate of drug-likeness (QED) is 0.734. The Morgan fingerprint density at radius 2 is 2.14 bits per heavy atom. The van der Waals surface area contributed by atoms with Crippen LogP contribution in [0.25, 0.3) is 0 Å². The van der Waals surface area contributed by atoms with Gasteiger partial charge in [-0.3, -0.25) is 4.79 Å². The maximum absolute atomic E-state index is 12.1. The Morgan fingerprint density at radius 1 is 1.36 bits per heavy atom. The minimum atomic E-state index is 0.163. The number of aromatic nitrogens is 4. The molecule has 0 bridgehead atoms. The smallest absolute Gasteiger partial charge is 0.223 e. The predicted molar refractivity (Wildman–Crippen MR) is 82.0 cm³/mol. The highest BCUT2D eigenvalue weighted by molar-refractivity contribution is 5.78. The Kier molecular flexibility index (Phi) is 6.76. The molecule has 1 heterocycles. The van der Waals surface area contributed by atoms with E-state index in [1.54, 1.807) is 11.0 Å². The first-order valence-corrected chi connectivity index (χ1v) is 8.25. The van der Waals surface area contributed by atoms with Gasteiger partial charge in [-0.05, 0) is 62.3 Å². The summed E-state index contributed by atoms with van der Waals surface area (Å²) in [7, 11) is 0. The molecule has 1 N–H and O–H groups in total. The molecule has 1 saturated carbocycles. The summed E-state index contributed by atoms with van der Waals surface area (Å²) >= 11 is 0. The number of rotatable bonds is 8. The van der Waals surface area contributed by atoms with Crippen LogP contribution in [0.5, 0.6) is 0 Å². The van der Waals surface area contributed by atoms with Gasteiger partial charge in [0.2, 0.25) is 5.91 Å². The van der Waals surface area contributed by atoms with Gasteiger partial charge >= 0.3 is 0 Å². The molecule has 0 aromatic carbocycles. The van der Waals surface area contributed by atoms with Gasteiger partial charge in [0.15, 0.2) is 0 Å².